The lowest BCUT2D eigenvalue weighted by Gasteiger charge is -2.29. The van der Waals surface area contributed by atoms with Crippen LogP contribution in [-0.4, -0.2) is 43.4 Å². The Labute approximate surface area is 109 Å². The molecule has 0 fully saturated rings. The van der Waals surface area contributed by atoms with E-state index in [1.807, 2.05) is 13.1 Å². The molecule has 0 aromatic rings. The van der Waals surface area contributed by atoms with Crippen molar-refractivity contribution in [2.45, 2.75) is 51.9 Å². The molecule has 102 valence electrons. The minimum atomic E-state index is -0.0225. The Kier molecular flexibility index (Phi) is 4.72. The van der Waals surface area contributed by atoms with Gasteiger partial charge in [-0.3, -0.25) is 4.99 Å². The van der Waals surface area contributed by atoms with Crippen LogP contribution in [-0.2, 0) is 4.74 Å². The monoisotopic (exact) mass is 252 g/mol. The molecule has 2 rings (SSSR count). The number of nitrogens with zero attached hydrogens (tertiary/aromatic N) is 2. The molecule has 2 aliphatic rings. The zero-order valence-electron chi connectivity index (χ0n) is 11.5. The van der Waals surface area contributed by atoms with Crippen LogP contribution in [0.1, 0.15) is 33.6 Å². The number of hydrogen-bond donors (Lipinski definition) is 2. The molecule has 4 atom stereocenters. The Hall–Kier alpha value is -0.940. The van der Waals surface area contributed by atoms with E-state index in [2.05, 4.69) is 34.7 Å². The van der Waals surface area contributed by atoms with Crippen molar-refractivity contribution in [2.75, 3.05) is 13.2 Å². The molecule has 18 heavy (non-hydrogen) atoms. The van der Waals surface area contributed by atoms with E-state index < -0.39 is 0 Å². The number of hydrogen-bond acceptors (Lipinski definition) is 5. The van der Waals surface area contributed by atoms with Gasteiger partial charge < -0.3 is 15.5 Å². The molecule has 0 saturated heterocycles. The van der Waals surface area contributed by atoms with Gasteiger partial charge in [-0.05, 0) is 33.6 Å². The molecule has 2 heterocycles. The molecule has 4 unspecified atom stereocenters. The molecule has 0 radical (unpaired) electrons. The van der Waals surface area contributed by atoms with E-state index in [0.29, 0.717) is 24.6 Å². The van der Waals surface area contributed by atoms with Crippen molar-refractivity contribution in [1.82, 2.24) is 10.7 Å². The van der Waals surface area contributed by atoms with E-state index in [1.54, 1.807) is 0 Å². The Morgan fingerprint density at radius 1 is 1.56 bits per heavy atom. The third kappa shape index (κ3) is 3.09. The van der Waals surface area contributed by atoms with Gasteiger partial charge in [-0.25, -0.2) is 0 Å². The van der Waals surface area contributed by atoms with Crippen LogP contribution in [0.3, 0.4) is 0 Å². The normalized spacial score (nSPS) is 35.4. The number of nitrogens with one attached hydrogen (secondary N) is 2. The van der Waals surface area contributed by atoms with Gasteiger partial charge in [-0.2, -0.15) is 5.10 Å². The number of hydrazone groups is 1. The van der Waals surface area contributed by atoms with E-state index in [-0.39, 0.29) is 6.23 Å². The second-order valence-electron chi connectivity index (χ2n) is 5.05. The van der Waals surface area contributed by atoms with Gasteiger partial charge >= 0.3 is 0 Å². The summed E-state index contributed by atoms with van der Waals surface area (Å²) in [5, 5.41) is 7.88. The minimum Gasteiger partial charge on any atom is -0.355 e. The molecule has 0 bridgehead atoms. The number of ether oxygens (including phenoxy) is 1. The smallest absolute Gasteiger partial charge is 0.163 e. The topological polar surface area (TPSA) is 58.0 Å². The molecule has 0 saturated carbocycles. The summed E-state index contributed by atoms with van der Waals surface area (Å²) in [7, 11) is 0. The van der Waals surface area contributed by atoms with Gasteiger partial charge in [0.25, 0.3) is 0 Å². The van der Waals surface area contributed by atoms with Gasteiger partial charge in [0.15, 0.2) is 6.23 Å². The highest BCUT2D eigenvalue weighted by Gasteiger charge is 2.28. The van der Waals surface area contributed by atoms with E-state index in [1.165, 1.54) is 5.71 Å². The molecule has 0 amide bonds. The first-order valence-electron chi connectivity index (χ1n) is 6.88. The Bertz CT molecular complexity index is 329. The molecule has 0 aromatic carbocycles. The molecule has 2 N–H and O–H groups in total. The predicted molar refractivity (Wildman–Crippen MR) is 74.1 cm³/mol. The van der Waals surface area contributed by atoms with Crippen LogP contribution in [0.2, 0.25) is 0 Å². The first kappa shape index (κ1) is 13.5. The lowest BCUT2D eigenvalue weighted by atomic mass is 9.97. The van der Waals surface area contributed by atoms with Crippen molar-refractivity contribution in [1.29, 1.82) is 0 Å². The standard InChI is InChI=1S/C13H24N4O/c1-4-18-13-12(6-5-7-14-13)15-8-11-9(2)16-17-10(11)3/h7,9,11-13,15-16H,4-6,8H2,1-3H3. The third-order valence-electron chi connectivity index (χ3n) is 3.73. The molecule has 0 aliphatic carbocycles. The van der Waals surface area contributed by atoms with Gasteiger partial charge in [-0.15, -0.1) is 0 Å². The van der Waals surface area contributed by atoms with Gasteiger partial charge in [0.05, 0.1) is 12.1 Å². The average Bonchev–Trinajstić information content (AvgIpc) is 2.69. The van der Waals surface area contributed by atoms with Crippen LogP contribution < -0.4 is 10.7 Å². The van der Waals surface area contributed by atoms with E-state index in [4.69, 9.17) is 4.74 Å². The summed E-state index contributed by atoms with van der Waals surface area (Å²) in [5.41, 5.74) is 4.31. The molecule has 5 nitrogen and oxygen atoms in total. The van der Waals surface area contributed by atoms with Gasteiger partial charge in [0, 0.05) is 31.0 Å². The fraction of sp³-hybridized carbons (Fsp3) is 0.846. The van der Waals surface area contributed by atoms with Crippen LogP contribution in [0.15, 0.2) is 10.1 Å². The maximum Gasteiger partial charge on any atom is 0.163 e. The van der Waals surface area contributed by atoms with Crippen LogP contribution in [0.25, 0.3) is 0 Å². The molecular weight excluding hydrogens is 228 g/mol. The van der Waals surface area contributed by atoms with Crippen molar-refractivity contribution in [3.8, 4) is 0 Å². The molecule has 0 aromatic heterocycles. The molecular formula is C13H24N4O. The lowest BCUT2D eigenvalue weighted by Crippen LogP contribution is -2.46. The van der Waals surface area contributed by atoms with Crippen LogP contribution >= 0.6 is 0 Å². The highest BCUT2D eigenvalue weighted by Crippen LogP contribution is 2.16. The van der Waals surface area contributed by atoms with Gasteiger partial charge in [0.2, 0.25) is 0 Å². The SMILES string of the molecule is CCOC1N=CCCC1NCC1C(C)=NNC1C. The summed E-state index contributed by atoms with van der Waals surface area (Å²) in [6.07, 6.45) is 4.09. The molecule has 2 aliphatic heterocycles. The fourth-order valence-corrected chi connectivity index (χ4v) is 2.55. The van der Waals surface area contributed by atoms with Gasteiger partial charge in [-0.1, -0.05) is 0 Å². The summed E-state index contributed by atoms with van der Waals surface area (Å²) in [4.78, 5) is 4.43. The summed E-state index contributed by atoms with van der Waals surface area (Å²) in [6.45, 7) is 7.92. The minimum absolute atomic E-state index is 0.0225. The fourth-order valence-electron chi connectivity index (χ4n) is 2.55. The predicted octanol–water partition coefficient (Wildman–Crippen LogP) is 1.16. The van der Waals surface area contributed by atoms with Crippen molar-refractivity contribution in [2.24, 2.45) is 16.0 Å². The Morgan fingerprint density at radius 3 is 3.06 bits per heavy atom. The first-order valence-corrected chi connectivity index (χ1v) is 6.88. The summed E-state index contributed by atoms with van der Waals surface area (Å²) in [5.74, 6) is 0.471. The molecule has 0 spiro atoms. The quantitative estimate of drug-likeness (QED) is 0.772. The van der Waals surface area contributed by atoms with Crippen LogP contribution in [0, 0.1) is 5.92 Å². The second kappa shape index (κ2) is 6.29. The highest BCUT2D eigenvalue weighted by molar-refractivity contribution is 5.86. The zero-order valence-corrected chi connectivity index (χ0v) is 11.5. The van der Waals surface area contributed by atoms with Crippen molar-refractivity contribution < 1.29 is 4.74 Å². The van der Waals surface area contributed by atoms with E-state index in [9.17, 15) is 0 Å². The number of aliphatic imine (C=N–C) groups is 1. The highest BCUT2D eigenvalue weighted by atomic mass is 16.5. The van der Waals surface area contributed by atoms with Gasteiger partial charge in [0.1, 0.15) is 0 Å². The third-order valence-corrected chi connectivity index (χ3v) is 3.73. The lowest BCUT2D eigenvalue weighted by molar-refractivity contribution is 0.0353. The van der Waals surface area contributed by atoms with E-state index in [0.717, 1.165) is 19.4 Å². The van der Waals surface area contributed by atoms with Crippen LogP contribution in [0.5, 0.6) is 0 Å². The maximum absolute atomic E-state index is 5.66. The second-order valence-corrected chi connectivity index (χ2v) is 5.05. The summed E-state index contributed by atoms with van der Waals surface area (Å²) < 4.78 is 5.66. The average molecular weight is 252 g/mol. The summed E-state index contributed by atoms with van der Waals surface area (Å²) in [6, 6.07) is 0.741. The largest absolute Gasteiger partial charge is 0.355 e. The summed E-state index contributed by atoms with van der Waals surface area (Å²) >= 11 is 0. The van der Waals surface area contributed by atoms with Crippen molar-refractivity contribution >= 4 is 11.9 Å². The van der Waals surface area contributed by atoms with Crippen molar-refractivity contribution in [3.63, 3.8) is 0 Å². The Morgan fingerprint density at radius 2 is 2.39 bits per heavy atom. The van der Waals surface area contributed by atoms with Crippen LogP contribution in [0.4, 0.5) is 0 Å². The van der Waals surface area contributed by atoms with E-state index >= 15 is 0 Å². The maximum atomic E-state index is 5.66. The Balaban J connectivity index is 1.85. The molecule has 5 heteroatoms. The first-order chi connectivity index (χ1) is 8.72. The zero-order chi connectivity index (χ0) is 13.0. The van der Waals surface area contributed by atoms with Crippen molar-refractivity contribution in [3.05, 3.63) is 0 Å². The number of rotatable bonds is 5.